The number of hydrogen-bond donors (Lipinski definition) is 1. The maximum atomic E-state index is 5.62. The molecule has 0 amide bonds. The van der Waals surface area contributed by atoms with Crippen LogP contribution in [0, 0.1) is 0 Å². The Labute approximate surface area is 130 Å². The third-order valence-corrected chi connectivity index (χ3v) is 3.73. The smallest absolute Gasteiger partial charge is 0.107 e. The monoisotopic (exact) mass is 302 g/mol. The van der Waals surface area contributed by atoms with Crippen LogP contribution in [-0.4, -0.2) is 17.6 Å². The van der Waals surface area contributed by atoms with Crippen LogP contribution in [0.2, 0.25) is 0 Å². The first-order valence-corrected chi connectivity index (χ1v) is 8.08. The maximum absolute atomic E-state index is 5.62. The van der Waals surface area contributed by atoms with Gasteiger partial charge in [0.1, 0.15) is 5.01 Å². The van der Waals surface area contributed by atoms with E-state index in [-0.39, 0.29) is 0 Å². The largest absolute Gasteiger partial charge is 0.371 e. The van der Waals surface area contributed by atoms with Gasteiger partial charge >= 0.3 is 0 Å². The van der Waals surface area contributed by atoms with Crippen molar-refractivity contribution in [3.05, 3.63) is 58.1 Å². The molecular formula is C17H22N2OS. The first-order chi connectivity index (χ1) is 10.2. The molecule has 0 bridgehead atoms. The number of ether oxygens (including phenoxy) is 1. The topological polar surface area (TPSA) is 34.2 Å². The van der Waals surface area contributed by atoms with Gasteiger partial charge in [0.15, 0.2) is 0 Å². The number of thiazole rings is 1. The molecule has 1 heterocycles. The fraction of sp³-hybridized carbons (Fsp3) is 0.353. The second-order valence-corrected chi connectivity index (χ2v) is 6.04. The van der Waals surface area contributed by atoms with E-state index in [9.17, 15) is 0 Å². The Bertz CT molecular complexity index is 549. The molecule has 0 saturated heterocycles. The lowest BCUT2D eigenvalue weighted by molar-refractivity contribution is 0.146. The van der Waals surface area contributed by atoms with E-state index in [1.54, 1.807) is 11.3 Å². The standard InChI is InChI=1S/C17H22N2OS/c1-14(2)18-11-17-19-16(13-21-17)12-20-10-6-9-15-7-4-3-5-8-15/h3-9,13-14,18H,10-12H2,1-2H3. The van der Waals surface area contributed by atoms with Crippen molar-refractivity contribution in [2.45, 2.75) is 33.0 Å². The van der Waals surface area contributed by atoms with Crippen molar-refractivity contribution < 1.29 is 4.74 Å². The molecule has 0 fully saturated rings. The fourth-order valence-corrected chi connectivity index (χ4v) is 2.50. The quantitative estimate of drug-likeness (QED) is 0.752. The van der Waals surface area contributed by atoms with Gasteiger partial charge in [-0.25, -0.2) is 4.98 Å². The van der Waals surface area contributed by atoms with Crippen molar-refractivity contribution in [2.75, 3.05) is 6.61 Å². The van der Waals surface area contributed by atoms with Gasteiger partial charge in [0, 0.05) is 18.0 Å². The number of rotatable bonds is 8. The summed E-state index contributed by atoms with van der Waals surface area (Å²) in [6, 6.07) is 10.7. The second-order valence-electron chi connectivity index (χ2n) is 5.10. The molecule has 0 saturated carbocycles. The zero-order chi connectivity index (χ0) is 14.9. The van der Waals surface area contributed by atoms with Crippen molar-refractivity contribution in [2.24, 2.45) is 0 Å². The highest BCUT2D eigenvalue weighted by atomic mass is 32.1. The third-order valence-electron chi connectivity index (χ3n) is 2.83. The Balaban J connectivity index is 1.68. The van der Waals surface area contributed by atoms with Gasteiger partial charge in [0.2, 0.25) is 0 Å². The van der Waals surface area contributed by atoms with E-state index >= 15 is 0 Å². The summed E-state index contributed by atoms with van der Waals surface area (Å²) < 4.78 is 5.62. The van der Waals surface area contributed by atoms with Crippen LogP contribution in [0.15, 0.2) is 41.8 Å². The summed E-state index contributed by atoms with van der Waals surface area (Å²) in [4.78, 5) is 4.54. The number of nitrogens with one attached hydrogen (secondary N) is 1. The van der Waals surface area contributed by atoms with E-state index in [0.717, 1.165) is 17.2 Å². The average Bonchev–Trinajstić information content (AvgIpc) is 2.94. The van der Waals surface area contributed by atoms with Crippen LogP contribution < -0.4 is 5.32 Å². The van der Waals surface area contributed by atoms with Gasteiger partial charge in [0.25, 0.3) is 0 Å². The van der Waals surface area contributed by atoms with Crippen LogP contribution in [0.4, 0.5) is 0 Å². The molecule has 2 rings (SSSR count). The molecular weight excluding hydrogens is 280 g/mol. The maximum Gasteiger partial charge on any atom is 0.107 e. The Morgan fingerprint density at radius 1 is 1.29 bits per heavy atom. The number of aromatic nitrogens is 1. The van der Waals surface area contributed by atoms with E-state index in [0.29, 0.717) is 19.3 Å². The Morgan fingerprint density at radius 2 is 2.10 bits per heavy atom. The van der Waals surface area contributed by atoms with Crippen molar-refractivity contribution in [3.63, 3.8) is 0 Å². The van der Waals surface area contributed by atoms with E-state index < -0.39 is 0 Å². The minimum absolute atomic E-state index is 0.483. The van der Waals surface area contributed by atoms with Crippen LogP contribution in [0.3, 0.4) is 0 Å². The van der Waals surface area contributed by atoms with E-state index in [4.69, 9.17) is 4.74 Å². The number of hydrogen-bond acceptors (Lipinski definition) is 4. The van der Waals surface area contributed by atoms with Crippen LogP contribution in [0.5, 0.6) is 0 Å². The van der Waals surface area contributed by atoms with Gasteiger partial charge in [-0.2, -0.15) is 0 Å². The Hall–Kier alpha value is -1.49. The summed E-state index contributed by atoms with van der Waals surface area (Å²) in [6.45, 7) is 6.27. The summed E-state index contributed by atoms with van der Waals surface area (Å²) in [5.41, 5.74) is 2.20. The van der Waals surface area contributed by atoms with Crippen molar-refractivity contribution in [3.8, 4) is 0 Å². The van der Waals surface area contributed by atoms with Crippen molar-refractivity contribution in [1.29, 1.82) is 0 Å². The normalized spacial score (nSPS) is 11.6. The fourth-order valence-electron chi connectivity index (χ4n) is 1.77. The summed E-state index contributed by atoms with van der Waals surface area (Å²) >= 11 is 1.68. The lowest BCUT2D eigenvalue weighted by Crippen LogP contribution is -2.21. The molecule has 0 atom stereocenters. The number of benzene rings is 1. The molecule has 2 aromatic rings. The van der Waals surface area contributed by atoms with Crippen LogP contribution >= 0.6 is 11.3 Å². The lowest BCUT2D eigenvalue weighted by atomic mass is 10.2. The highest BCUT2D eigenvalue weighted by Crippen LogP contribution is 2.11. The lowest BCUT2D eigenvalue weighted by Gasteiger charge is -2.04. The summed E-state index contributed by atoms with van der Waals surface area (Å²) in [5, 5.41) is 6.55. The van der Waals surface area contributed by atoms with E-state index in [1.807, 2.05) is 24.3 Å². The molecule has 0 unspecified atom stereocenters. The minimum Gasteiger partial charge on any atom is -0.371 e. The third kappa shape index (κ3) is 6.21. The second kappa shape index (κ2) is 8.72. The van der Waals surface area contributed by atoms with Gasteiger partial charge in [-0.15, -0.1) is 11.3 Å². The minimum atomic E-state index is 0.483. The van der Waals surface area contributed by atoms with Gasteiger partial charge in [-0.3, -0.25) is 0 Å². The van der Waals surface area contributed by atoms with Crippen molar-refractivity contribution >= 4 is 17.4 Å². The summed E-state index contributed by atoms with van der Waals surface area (Å²) in [7, 11) is 0. The van der Waals surface area contributed by atoms with E-state index in [1.165, 1.54) is 5.56 Å². The average molecular weight is 302 g/mol. The molecule has 0 aliphatic heterocycles. The molecule has 0 spiro atoms. The van der Waals surface area contributed by atoms with Crippen LogP contribution in [0.1, 0.15) is 30.1 Å². The predicted molar refractivity (Wildman–Crippen MR) is 89.2 cm³/mol. The van der Waals surface area contributed by atoms with Gasteiger partial charge in [-0.05, 0) is 5.56 Å². The molecule has 1 aromatic heterocycles. The zero-order valence-electron chi connectivity index (χ0n) is 12.6. The highest BCUT2D eigenvalue weighted by Gasteiger charge is 2.02. The number of nitrogens with zero attached hydrogens (tertiary/aromatic N) is 1. The molecule has 21 heavy (non-hydrogen) atoms. The summed E-state index contributed by atoms with van der Waals surface area (Å²) in [5.74, 6) is 0. The molecule has 0 aliphatic carbocycles. The molecule has 4 heteroatoms. The van der Waals surface area contributed by atoms with Gasteiger partial charge in [-0.1, -0.05) is 56.3 Å². The molecule has 1 aromatic carbocycles. The molecule has 0 radical (unpaired) electrons. The molecule has 112 valence electrons. The van der Waals surface area contributed by atoms with Gasteiger partial charge in [0.05, 0.1) is 18.9 Å². The molecule has 1 N–H and O–H groups in total. The Kier molecular flexibility index (Phi) is 6.60. The highest BCUT2D eigenvalue weighted by molar-refractivity contribution is 7.09. The molecule has 3 nitrogen and oxygen atoms in total. The Morgan fingerprint density at radius 3 is 2.86 bits per heavy atom. The van der Waals surface area contributed by atoms with Crippen LogP contribution in [-0.2, 0) is 17.9 Å². The van der Waals surface area contributed by atoms with Crippen LogP contribution in [0.25, 0.3) is 6.08 Å². The van der Waals surface area contributed by atoms with Gasteiger partial charge < -0.3 is 10.1 Å². The predicted octanol–water partition coefficient (Wildman–Crippen LogP) is 3.87. The van der Waals surface area contributed by atoms with Crippen molar-refractivity contribution in [1.82, 2.24) is 10.3 Å². The summed E-state index contributed by atoms with van der Waals surface area (Å²) in [6.07, 6.45) is 4.10. The first kappa shape index (κ1) is 15.9. The van der Waals surface area contributed by atoms with E-state index in [2.05, 4.69) is 47.7 Å². The first-order valence-electron chi connectivity index (χ1n) is 7.20. The SMILES string of the molecule is CC(C)NCc1nc(COCC=Cc2ccccc2)cs1. The zero-order valence-corrected chi connectivity index (χ0v) is 13.4. The molecule has 0 aliphatic rings.